The Labute approximate surface area is 168 Å². The fourth-order valence-electron chi connectivity index (χ4n) is 4.68. The number of hydrogen-bond donors (Lipinski definition) is 1. The van der Waals surface area contributed by atoms with Crippen LogP contribution in [0, 0.1) is 0 Å². The molecule has 0 radical (unpaired) electrons. The van der Waals surface area contributed by atoms with Crippen LogP contribution < -0.4 is 15.1 Å². The van der Waals surface area contributed by atoms with Crippen LogP contribution in [0.3, 0.4) is 0 Å². The van der Waals surface area contributed by atoms with Gasteiger partial charge in [0.25, 0.3) is 11.9 Å². The molecule has 2 aromatic rings. The third-order valence-electron chi connectivity index (χ3n) is 6.09. The van der Waals surface area contributed by atoms with E-state index in [2.05, 4.69) is 12.1 Å². The predicted octanol–water partition coefficient (Wildman–Crippen LogP) is 2.73. The van der Waals surface area contributed by atoms with Gasteiger partial charge in [0, 0.05) is 30.6 Å². The van der Waals surface area contributed by atoms with E-state index in [0.29, 0.717) is 13.0 Å². The average Bonchev–Trinajstić information content (AvgIpc) is 3.36. The smallest absolute Gasteiger partial charge is 0.298 e. The molecule has 2 fully saturated rings. The Morgan fingerprint density at radius 1 is 1.14 bits per heavy atom. The molecule has 152 valence electrons. The van der Waals surface area contributed by atoms with Crippen molar-refractivity contribution < 1.29 is 19.4 Å². The molecule has 1 N–H and O–H groups in total. The van der Waals surface area contributed by atoms with Gasteiger partial charge in [-0.1, -0.05) is 25.0 Å². The Hall–Kier alpha value is -3.09. The number of nitrogens with zero attached hydrogens (tertiary/aromatic N) is 2. The maximum absolute atomic E-state index is 12.2. The van der Waals surface area contributed by atoms with Crippen LogP contribution in [-0.2, 0) is 21.5 Å². The van der Waals surface area contributed by atoms with Crippen LogP contribution in [0.25, 0.3) is 0 Å². The minimum atomic E-state index is -0.705. The Kier molecular flexibility index (Phi) is 5.13. The van der Waals surface area contributed by atoms with E-state index in [9.17, 15) is 19.5 Å². The predicted molar refractivity (Wildman–Crippen MR) is 107 cm³/mol. The summed E-state index contributed by atoms with van der Waals surface area (Å²) >= 11 is 0. The molecule has 2 heterocycles. The summed E-state index contributed by atoms with van der Waals surface area (Å²) < 4.78 is 6.46. The number of anilines is 1. The van der Waals surface area contributed by atoms with Gasteiger partial charge in [-0.2, -0.15) is 0 Å². The second-order valence-electron chi connectivity index (χ2n) is 7.91. The SMILES string of the molecule is O=COc1cn(CC2(c3cccc(N4CCCC4=O)c3)CCCC2)cc(O)c1=O. The Balaban J connectivity index is 1.70. The molecule has 4 rings (SSSR count). The fourth-order valence-corrected chi connectivity index (χ4v) is 4.68. The van der Waals surface area contributed by atoms with Crippen LogP contribution in [0.5, 0.6) is 11.5 Å². The van der Waals surface area contributed by atoms with E-state index in [-0.39, 0.29) is 23.5 Å². The summed E-state index contributed by atoms with van der Waals surface area (Å²) in [6.45, 7) is 1.46. The molecule has 0 spiro atoms. The Morgan fingerprint density at radius 3 is 2.62 bits per heavy atom. The molecule has 1 aromatic heterocycles. The number of benzene rings is 1. The van der Waals surface area contributed by atoms with E-state index in [1.165, 1.54) is 12.4 Å². The van der Waals surface area contributed by atoms with Gasteiger partial charge in [0.1, 0.15) is 0 Å². The maximum Gasteiger partial charge on any atom is 0.298 e. The molecule has 0 unspecified atom stereocenters. The van der Waals surface area contributed by atoms with Gasteiger partial charge in [0.05, 0.1) is 12.4 Å². The fraction of sp³-hybridized carbons (Fsp3) is 0.409. The topological polar surface area (TPSA) is 88.8 Å². The van der Waals surface area contributed by atoms with Crippen molar-refractivity contribution in [1.82, 2.24) is 4.57 Å². The van der Waals surface area contributed by atoms with Gasteiger partial charge >= 0.3 is 0 Å². The Morgan fingerprint density at radius 2 is 1.93 bits per heavy atom. The monoisotopic (exact) mass is 396 g/mol. The van der Waals surface area contributed by atoms with Crippen molar-refractivity contribution in [2.45, 2.75) is 50.5 Å². The number of aromatic nitrogens is 1. The highest BCUT2D eigenvalue weighted by molar-refractivity contribution is 5.95. The molecule has 2 aliphatic rings. The van der Waals surface area contributed by atoms with Crippen molar-refractivity contribution in [3.05, 3.63) is 52.4 Å². The van der Waals surface area contributed by atoms with Gasteiger partial charge in [-0.3, -0.25) is 14.4 Å². The minimum absolute atomic E-state index is 0.156. The number of rotatable bonds is 6. The quantitative estimate of drug-likeness (QED) is 0.759. The van der Waals surface area contributed by atoms with Crippen LogP contribution in [0.15, 0.2) is 41.5 Å². The molecule has 29 heavy (non-hydrogen) atoms. The summed E-state index contributed by atoms with van der Waals surface area (Å²) in [4.78, 5) is 36.6. The maximum atomic E-state index is 12.2. The lowest BCUT2D eigenvalue weighted by atomic mass is 9.78. The molecular weight excluding hydrogens is 372 g/mol. The first-order valence-electron chi connectivity index (χ1n) is 9.97. The van der Waals surface area contributed by atoms with Crippen molar-refractivity contribution in [3.63, 3.8) is 0 Å². The van der Waals surface area contributed by atoms with Gasteiger partial charge in [0.15, 0.2) is 11.5 Å². The molecule has 1 amide bonds. The third-order valence-corrected chi connectivity index (χ3v) is 6.09. The first-order valence-corrected chi connectivity index (χ1v) is 9.97. The summed E-state index contributed by atoms with van der Waals surface area (Å²) in [5.41, 5.74) is 1.18. The summed E-state index contributed by atoms with van der Waals surface area (Å²) in [5, 5.41) is 9.98. The van der Waals surface area contributed by atoms with Gasteiger partial charge < -0.3 is 19.3 Å². The molecule has 1 aromatic carbocycles. The third kappa shape index (κ3) is 3.64. The van der Waals surface area contributed by atoms with Crippen molar-refractivity contribution in [1.29, 1.82) is 0 Å². The molecule has 1 saturated carbocycles. The number of ether oxygens (including phenoxy) is 1. The summed E-state index contributed by atoms with van der Waals surface area (Å²) in [6, 6.07) is 8.14. The molecule has 1 saturated heterocycles. The summed E-state index contributed by atoms with van der Waals surface area (Å²) in [6.07, 6.45) is 8.39. The van der Waals surface area contributed by atoms with Gasteiger partial charge in [0.2, 0.25) is 5.91 Å². The second-order valence-corrected chi connectivity index (χ2v) is 7.91. The van der Waals surface area contributed by atoms with Gasteiger partial charge in [-0.25, -0.2) is 0 Å². The van der Waals surface area contributed by atoms with E-state index in [1.54, 1.807) is 4.57 Å². The standard InChI is InChI=1S/C22H24N2O5/c25-15-29-19-13-23(12-18(26)21(19)28)14-22(8-1-2-9-22)16-5-3-6-17(11-16)24-10-4-7-20(24)27/h3,5-6,11-13,15,26H,1-2,4,7-10,14H2. The van der Waals surface area contributed by atoms with E-state index >= 15 is 0 Å². The lowest BCUT2D eigenvalue weighted by Crippen LogP contribution is -2.30. The highest BCUT2D eigenvalue weighted by Gasteiger charge is 2.37. The van der Waals surface area contributed by atoms with E-state index in [0.717, 1.165) is 49.9 Å². The zero-order valence-electron chi connectivity index (χ0n) is 16.2. The molecule has 1 aliphatic heterocycles. The number of aromatic hydroxyl groups is 1. The Bertz CT molecular complexity index is 991. The van der Waals surface area contributed by atoms with Crippen molar-refractivity contribution in [2.24, 2.45) is 0 Å². The van der Waals surface area contributed by atoms with E-state index in [1.807, 2.05) is 17.0 Å². The molecule has 0 atom stereocenters. The number of hydrogen-bond acceptors (Lipinski definition) is 5. The number of amides is 1. The molecule has 1 aliphatic carbocycles. The van der Waals surface area contributed by atoms with E-state index in [4.69, 9.17) is 4.74 Å². The number of carbonyl (C=O) groups is 2. The molecule has 7 nitrogen and oxygen atoms in total. The first-order chi connectivity index (χ1) is 14.0. The van der Waals surface area contributed by atoms with Crippen molar-refractivity contribution >= 4 is 18.1 Å². The largest absolute Gasteiger partial charge is 0.503 e. The average molecular weight is 396 g/mol. The lowest BCUT2D eigenvalue weighted by Gasteiger charge is -2.32. The van der Waals surface area contributed by atoms with Gasteiger partial charge in [-0.15, -0.1) is 0 Å². The zero-order valence-corrected chi connectivity index (χ0v) is 16.2. The molecule has 0 bridgehead atoms. The molecular formula is C22H24N2O5. The van der Waals surface area contributed by atoms with Crippen LogP contribution in [0.4, 0.5) is 5.69 Å². The zero-order chi connectivity index (χ0) is 20.4. The van der Waals surface area contributed by atoms with Crippen molar-refractivity contribution in [3.8, 4) is 11.5 Å². The van der Waals surface area contributed by atoms with Crippen LogP contribution in [-0.4, -0.2) is 28.6 Å². The normalized spacial score (nSPS) is 18.2. The van der Waals surface area contributed by atoms with Crippen LogP contribution in [0.1, 0.15) is 44.1 Å². The summed E-state index contributed by atoms with van der Waals surface area (Å²) in [5.74, 6) is -0.484. The summed E-state index contributed by atoms with van der Waals surface area (Å²) in [7, 11) is 0. The molecule has 7 heteroatoms. The van der Waals surface area contributed by atoms with Gasteiger partial charge in [-0.05, 0) is 37.0 Å². The second kappa shape index (κ2) is 7.73. The highest BCUT2D eigenvalue weighted by Crippen LogP contribution is 2.43. The number of carbonyl (C=O) groups excluding carboxylic acids is 2. The van der Waals surface area contributed by atoms with Crippen LogP contribution in [0.2, 0.25) is 0 Å². The number of pyridine rings is 1. The van der Waals surface area contributed by atoms with Crippen molar-refractivity contribution in [2.75, 3.05) is 11.4 Å². The minimum Gasteiger partial charge on any atom is -0.503 e. The lowest BCUT2D eigenvalue weighted by molar-refractivity contribution is -0.121. The van der Waals surface area contributed by atoms with E-state index < -0.39 is 11.2 Å². The first kappa shape index (κ1) is 19.2. The van der Waals surface area contributed by atoms with Crippen LogP contribution >= 0.6 is 0 Å². The highest BCUT2D eigenvalue weighted by atomic mass is 16.5.